The summed E-state index contributed by atoms with van der Waals surface area (Å²) in [5.74, 6) is 14.8. The van der Waals surface area contributed by atoms with Gasteiger partial charge in [0.1, 0.15) is 0 Å². The van der Waals surface area contributed by atoms with Gasteiger partial charge in [-0.15, -0.1) is 0 Å². The van der Waals surface area contributed by atoms with E-state index in [-0.39, 0.29) is 0 Å². The Bertz CT molecular complexity index is 769. The van der Waals surface area contributed by atoms with E-state index in [2.05, 4.69) is 145 Å². The van der Waals surface area contributed by atoms with Gasteiger partial charge >= 0.3 is 0 Å². The summed E-state index contributed by atoms with van der Waals surface area (Å²) in [5, 5.41) is 0. The fraction of sp³-hybridized carbons (Fsp3) is 1.00. The molecule has 1 aliphatic rings. The number of rotatable bonds is 18. The van der Waals surface area contributed by atoms with E-state index in [0.29, 0.717) is 5.41 Å². The van der Waals surface area contributed by atoms with Crippen molar-refractivity contribution in [1.29, 1.82) is 0 Å². The van der Waals surface area contributed by atoms with Crippen LogP contribution in [0.25, 0.3) is 0 Å². The van der Waals surface area contributed by atoms with E-state index in [9.17, 15) is 0 Å². The van der Waals surface area contributed by atoms with Gasteiger partial charge in [0.2, 0.25) is 0 Å². The third-order valence-electron chi connectivity index (χ3n) is 16.7. The predicted molar refractivity (Wildman–Crippen MR) is 197 cm³/mol. The number of hydrogen-bond acceptors (Lipinski definition) is 0. The summed E-state index contributed by atoms with van der Waals surface area (Å²) >= 11 is 0. The lowest BCUT2D eigenvalue weighted by Gasteiger charge is -2.49. The summed E-state index contributed by atoms with van der Waals surface area (Å²) < 4.78 is 0. The molecular weight excluding hydrogens is 516 g/mol. The molecule has 0 aromatic rings. The van der Waals surface area contributed by atoms with Crippen LogP contribution in [0.15, 0.2) is 0 Å². The maximum absolute atomic E-state index is 2.59. The molecular formula is C43H86. The first kappa shape index (κ1) is 41.0. The molecule has 258 valence electrons. The van der Waals surface area contributed by atoms with Gasteiger partial charge in [-0.2, -0.15) is 0 Å². The minimum Gasteiger partial charge on any atom is -0.0625 e. The van der Waals surface area contributed by atoms with Gasteiger partial charge in [0.05, 0.1) is 0 Å². The van der Waals surface area contributed by atoms with Crippen molar-refractivity contribution in [3.63, 3.8) is 0 Å². The van der Waals surface area contributed by atoms with Crippen LogP contribution >= 0.6 is 0 Å². The second-order valence-electron chi connectivity index (χ2n) is 19.2. The van der Waals surface area contributed by atoms with E-state index in [1.807, 2.05) is 0 Å². The van der Waals surface area contributed by atoms with Gasteiger partial charge in [-0.25, -0.2) is 0 Å². The molecule has 0 heteroatoms. The molecule has 0 aromatic heterocycles. The Morgan fingerprint density at radius 3 is 0.674 bits per heavy atom. The van der Waals surface area contributed by atoms with Crippen molar-refractivity contribution in [2.45, 2.75) is 158 Å². The van der Waals surface area contributed by atoms with E-state index in [0.717, 1.165) is 112 Å². The molecule has 0 aliphatic heterocycles. The minimum atomic E-state index is 0.587. The van der Waals surface area contributed by atoms with E-state index >= 15 is 0 Å². The first-order chi connectivity index (χ1) is 19.5. The SMILES string of the molecule is CC(C)C(C)C(C)C(C)C(C)C(C)C(C)C(C)C(C)C(C)C(C)C(C)C(C)C(C)C(C)C(C)C(C)C(C)C1CC(C)(C)C1. The average molecular weight is 603 g/mol. The molecule has 1 aliphatic carbocycles. The van der Waals surface area contributed by atoms with Crippen molar-refractivity contribution in [3.05, 3.63) is 0 Å². The molecule has 1 rings (SSSR count). The van der Waals surface area contributed by atoms with Crippen LogP contribution in [0, 0.1) is 118 Å². The molecule has 1 fully saturated rings. The topological polar surface area (TPSA) is 0 Å². The van der Waals surface area contributed by atoms with Crippen molar-refractivity contribution in [3.8, 4) is 0 Å². The van der Waals surface area contributed by atoms with Gasteiger partial charge < -0.3 is 0 Å². The summed E-state index contributed by atoms with van der Waals surface area (Å²) in [6.45, 7) is 53.4. The summed E-state index contributed by atoms with van der Waals surface area (Å²) in [5.41, 5.74) is 0.587. The predicted octanol–water partition coefficient (Wildman–Crippen LogP) is 13.9. The molecule has 0 N–H and O–H groups in total. The van der Waals surface area contributed by atoms with Crippen molar-refractivity contribution in [2.24, 2.45) is 118 Å². The van der Waals surface area contributed by atoms with Crippen LogP contribution in [-0.4, -0.2) is 0 Å². The third-order valence-corrected chi connectivity index (χ3v) is 16.7. The zero-order chi connectivity index (χ0) is 33.9. The van der Waals surface area contributed by atoms with Crippen LogP contribution in [0.2, 0.25) is 0 Å². The first-order valence-corrected chi connectivity index (χ1v) is 19.5. The first-order valence-electron chi connectivity index (χ1n) is 19.5. The molecule has 0 heterocycles. The Hall–Kier alpha value is 0. The van der Waals surface area contributed by atoms with Crippen molar-refractivity contribution < 1.29 is 0 Å². The standard InChI is InChI=1S/C43H86/c1-24(2)25(3)26(4)27(5)28(6)29(7)30(8)31(9)32(10)33(11)34(12)35(13)36(14)37(15)38(16)39(17)40(18)41(19)42-22-43(20,21)23-42/h24-42H,22-23H2,1-21H3. The molecule has 0 radical (unpaired) electrons. The Kier molecular flexibility index (Phi) is 15.9. The second kappa shape index (κ2) is 16.7. The maximum Gasteiger partial charge on any atom is -0.0349 e. The zero-order valence-electron chi connectivity index (χ0n) is 33.9. The molecule has 1 saturated carbocycles. The molecule has 0 spiro atoms. The van der Waals surface area contributed by atoms with Crippen LogP contribution in [0.1, 0.15) is 158 Å². The highest BCUT2D eigenvalue weighted by atomic mass is 14.5. The Morgan fingerprint density at radius 1 is 0.302 bits per heavy atom. The highest BCUT2D eigenvalue weighted by molar-refractivity contribution is 4.92. The summed E-state index contributed by atoms with van der Waals surface area (Å²) in [6, 6.07) is 0. The van der Waals surface area contributed by atoms with Crippen LogP contribution < -0.4 is 0 Å². The van der Waals surface area contributed by atoms with Gasteiger partial charge in [-0.1, -0.05) is 145 Å². The molecule has 43 heavy (non-hydrogen) atoms. The van der Waals surface area contributed by atoms with E-state index < -0.39 is 0 Å². The highest BCUT2D eigenvalue weighted by Crippen LogP contribution is 2.52. The van der Waals surface area contributed by atoms with Crippen molar-refractivity contribution in [2.75, 3.05) is 0 Å². The normalized spacial score (nSPS) is 28.0. The summed E-state index contributed by atoms with van der Waals surface area (Å²) in [6.07, 6.45) is 2.86. The molecule has 0 bridgehead atoms. The fourth-order valence-corrected chi connectivity index (χ4v) is 9.95. The van der Waals surface area contributed by atoms with Crippen LogP contribution in [0.4, 0.5) is 0 Å². The molecule has 17 atom stereocenters. The Balaban J connectivity index is 2.83. The van der Waals surface area contributed by atoms with Crippen LogP contribution in [-0.2, 0) is 0 Å². The lowest BCUT2D eigenvalue weighted by atomic mass is 9.56. The quantitative estimate of drug-likeness (QED) is 0.146. The van der Waals surface area contributed by atoms with E-state index in [1.165, 1.54) is 12.8 Å². The minimum absolute atomic E-state index is 0.587. The van der Waals surface area contributed by atoms with E-state index in [4.69, 9.17) is 0 Å². The van der Waals surface area contributed by atoms with Crippen LogP contribution in [0.5, 0.6) is 0 Å². The zero-order valence-corrected chi connectivity index (χ0v) is 33.9. The van der Waals surface area contributed by atoms with Gasteiger partial charge in [-0.05, 0) is 131 Å². The van der Waals surface area contributed by atoms with Gasteiger partial charge in [0, 0.05) is 0 Å². The smallest absolute Gasteiger partial charge is 0.0349 e. The van der Waals surface area contributed by atoms with Crippen molar-refractivity contribution >= 4 is 0 Å². The largest absolute Gasteiger partial charge is 0.0625 e. The fourth-order valence-electron chi connectivity index (χ4n) is 9.95. The number of hydrogen-bond donors (Lipinski definition) is 0. The summed E-state index contributed by atoms with van der Waals surface area (Å²) in [4.78, 5) is 0. The highest BCUT2D eigenvalue weighted by Gasteiger charge is 2.43. The maximum atomic E-state index is 2.59. The second-order valence-corrected chi connectivity index (χ2v) is 19.2. The molecule has 0 aromatic carbocycles. The Morgan fingerprint density at radius 2 is 0.488 bits per heavy atom. The average Bonchev–Trinajstić information content (AvgIpc) is 2.96. The van der Waals surface area contributed by atoms with Gasteiger partial charge in [0.25, 0.3) is 0 Å². The lowest BCUT2D eigenvalue weighted by Crippen LogP contribution is -2.40. The lowest BCUT2D eigenvalue weighted by molar-refractivity contribution is 0.00739. The Labute approximate surface area is 275 Å². The van der Waals surface area contributed by atoms with Crippen LogP contribution in [0.3, 0.4) is 0 Å². The molecule has 0 saturated heterocycles. The van der Waals surface area contributed by atoms with Gasteiger partial charge in [-0.3, -0.25) is 0 Å². The van der Waals surface area contributed by atoms with Crippen molar-refractivity contribution in [1.82, 2.24) is 0 Å². The molecule has 0 nitrogen and oxygen atoms in total. The van der Waals surface area contributed by atoms with Gasteiger partial charge in [0.15, 0.2) is 0 Å². The third kappa shape index (κ3) is 9.99. The monoisotopic (exact) mass is 603 g/mol. The summed E-state index contributed by atoms with van der Waals surface area (Å²) in [7, 11) is 0. The molecule has 0 amide bonds. The van der Waals surface area contributed by atoms with E-state index in [1.54, 1.807) is 0 Å². The molecule has 17 unspecified atom stereocenters.